The average Bonchev–Trinajstić information content (AvgIpc) is 2.53. The van der Waals surface area contributed by atoms with Crippen LogP contribution in [-0.4, -0.2) is 9.78 Å². The van der Waals surface area contributed by atoms with Gasteiger partial charge in [-0.25, -0.2) is 9.07 Å². The van der Waals surface area contributed by atoms with Crippen molar-refractivity contribution in [1.29, 1.82) is 0 Å². The zero-order valence-electron chi connectivity index (χ0n) is 11.8. The molecule has 0 bridgehead atoms. The first-order valence-corrected chi connectivity index (χ1v) is 7.58. The van der Waals surface area contributed by atoms with Crippen molar-refractivity contribution in [2.45, 2.75) is 6.54 Å². The van der Waals surface area contributed by atoms with Crippen molar-refractivity contribution in [2.75, 3.05) is 0 Å². The second-order valence-corrected chi connectivity index (χ2v) is 5.71. The zero-order chi connectivity index (χ0) is 16.4. The molecule has 3 rings (SSSR count). The van der Waals surface area contributed by atoms with E-state index in [0.717, 1.165) is 0 Å². The van der Waals surface area contributed by atoms with Gasteiger partial charge in [0.15, 0.2) is 0 Å². The number of hydrogen-bond acceptors (Lipinski definition) is 2. The summed E-state index contributed by atoms with van der Waals surface area (Å²) in [6.07, 6.45) is 0. The molecule has 3 nitrogen and oxygen atoms in total. The molecule has 0 unspecified atom stereocenters. The van der Waals surface area contributed by atoms with E-state index in [1.54, 1.807) is 36.4 Å². The van der Waals surface area contributed by atoms with Crippen LogP contribution in [0.1, 0.15) is 5.56 Å². The first kappa shape index (κ1) is 15.7. The molecule has 116 valence electrons. The molecule has 0 fully saturated rings. The van der Waals surface area contributed by atoms with E-state index in [2.05, 4.69) is 5.10 Å². The van der Waals surface area contributed by atoms with Gasteiger partial charge in [0.25, 0.3) is 5.56 Å². The summed E-state index contributed by atoms with van der Waals surface area (Å²) in [5.74, 6) is -0.402. The number of nitrogens with zero attached hydrogens (tertiary/aromatic N) is 2. The Morgan fingerprint density at radius 1 is 0.957 bits per heavy atom. The summed E-state index contributed by atoms with van der Waals surface area (Å²) < 4.78 is 15.1. The third-order valence-corrected chi connectivity index (χ3v) is 4.09. The summed E-state index contributed by atoms with van der Waals surface area (Å²) in [7, 11) is 0. The fraction of sp³-hybridized carbons (Fsp3) is 0.0588. The van der Waals surface area contributed by atoms with Crippen molar-refractivity contribution >= 4 is 23.2 Å². The Labute approximate surface area is 141 Å². The van der Waals surface area contributed by atoms with E-state index in [9.17, 15) is 9.18 Å². The normalized spacial score (nSPS) is 10.7. The molecule has 23 heavy (non-hydrogen) atoms. The Morgan fingerprint density at radius 3 is 2.35 bits per heavy atom. The van der Waals surface area contributed by atoms with Gasteiger partial charge in [-0.15, -0.1) is 0 Å². The predicted molar refractivity (Wildman–Crippen MR) is 89.5 cm³/mol. The van der Waals surface area contributed by atoms with Gasteiger partial charge in [0.1, 0.15) is 5.82 Å². The Balaban J connectivity index is 2.06. The molecule has 6 heteroatoms. The first-order valence-electron chi connectivity index (χ1n) is 6.82. The molecule has 0 saturated carbocycles. The highest BCUT2D eigenvalue weighted by Crippen LogP contribution is 2.25. The Morgan fingerprint density at radius 2 is 1.65 bits per heavy atom. The summed E-state index contributed by atoms with van der Waals surface area (Å²) in [4.78, 5) is 12.0. The number of halogens is 3. The second-order valence-electron chi connectivity index (χ2n) is 4.89. The molecule has 0 N–H and O–H groups in total. The van der Waals surface area contributed by atoms with Gasteiger partial charge >= 0.3 is 0 Å². The van der Waals surface area contributed by atoms with Gasteiger partial charge in [-0.3, -0.25) is 4.79 Å². The molecule has 0 spiro atoms. The Bertz CT molecular complexity index is 904. The Kier molecular flexibility index (Phi) is 4.46. The second kappa shape index (κ2) is 6.52. The molecule has 1 heterocycles. The lowest BCUT2D eigenvalue weighted by atomic mass is 10.1. The van der Waals surface area contributed by atoms with Crippen LogP contribution in [0.4, 0.5) is 4.39 Å². The minimum atomic E-state index is -0.402. The van der Waals surface area contributed by atoms with Crippen molar-refractivity contribution in [3.05, 3.63) is 86.4 Å². The maximum atomic E-state index is 13.9. The van der Waals surface area contributed by atoms with E-state index in [4.69, 9.17) is 23.2 Å². The standard InChI is InChI=1S/C17H11Cl2FN2O/c18-13-5-3-6-14(19)12(13)10-22-17(23)9-8-16(21-22)11-4-1-2-7-15(11)20/h1-9H,10H2. The smallest absolute Gasteiger partial charge is 0.267 e. The van der Waals surface area contributed by atoms with Gasteiger partial charge in [-0.05, 0) is 30.3 Å². The highest BCUT2D eigenvalue weighted by Gasteiger charge is 2.11. The summed E-state index contributed by atoms with van der Waals surface area (Å²) >= 11 is 12.3. The third kappa shape index (κ3) is 3.28. The van der Waals surface area contributed by atoms with Crippen LogP contribution in [0.3, 0.4) is 0 Å². The number of hydrogen-bond donors (Lipinski definition) is 0. The monoisotopic (exact) mass is 348 g/mol. The minimum Gasteiger partial charge on any atom is -0.268 e. The lowest BCUT2D eigenvalue weighted by molar-refractivity contribution is 0.620. The summed E-state index contributed by atoms with van der Waals surface area (Å²) in [5.41, 5.74) is 0.967. The summed E-state index contributed by atoms with van der Waals surface area (Å²) in [5, 5.41) is 5.12. The molecule has 2 aromatic carbocycles. The maximum absolute atomic E-state index is 13.9. The molecule has 0 aliphatic rings. The van der Waals surface area contributed by atoms with Crippen LogP contribution in [0, 0.1) is 5.82 Å². The van der Waals surface area contributed by atoms with Crippen LogP contribution in [0.2, 0.25) is 10.0 Å². The first-order chi connectivity index (χ1) is 11.1. The molecular weight excluding hydrogens is 338 g/mol. The minimum absolute atomic E-state index is 0.111. The zero-order valence-corrected chi connectivity index (χ0v) is 13.4. The van der Waals surface area contributed by atoms with Gasteiger partial charge < -0.3 is 0 Å². The number of rotatable bonds is 3. The van der Waals surface area contributed by atoms with Gasteiger partial charge in [-0.2, -0.15) is 5.10 Å². The molecule has 3 aromatic rings. The fourth-order valence-electron chi connectivity index (χ4n) is 2.21. The highest BCUT2D eigenvalue weighted by atomic mass is 35.5. The molecule has 0 atom stereocenters. The quantitative estimate of drug-likeness (QED) is 0.702. The van der Waals surface area contributed by atoms with Crippen molar-refractivity contribution in [3.8, 4) is 11.3 Å². The van der Waals surface area contributed by atoms with Gasteiger partial charge in [0.2, 0.25) is 0 Å². The Hall–Kier alpha value is -2.17. The van der Waals surface area contributed by atoms with Crippen LogP contribution >= 0.6 is 23.2 Å². The van der Waals surface area contributed by atoms with Crippen LogP contribution < -0.4 is 5.56 Å². The van der Waals surface area contributed by atoms with E-state index in [1.807, 2.05) is 0 Å². The van der Waals surface area contributed by atoms with Crippen molar-refractivity contribution in [3.63, 3.8) is 0 Å². The SMILES string of the molecule is O=c1ccc(-c2ccccc2F)nn1Cc1c(Cl)cccc1Cl. The van der Waals surface area contributed by atoms with Gasteiger partial charge in [-0.1, -0.05) is 41.4 Å². The molecular formula is C17H11Cl2FN2O. The summed E-state index contributed by atoms with van der Waals surface area (Å²) in [6.45, 7) is 0.111. The molecule has 1 aromatic heterocycles. The van der Waals surface area contributed by atoms with Crippen molar-refractivity contribution in [2.24, 2.45) is 0 Å². The number of benzene rings is 2. The van der Waals surface area contributed by atoms with Crippen LogP contribution in [-0.2, 0) is 6.54 Å². The largest absolute Gasteiger partial charge is 0.268 e. The molecule has 0 radical (unpaired) electrons. The van der Waals surface area contributed by atoms with Crippen molar-refractivity contribution in [1.82, 2.24) is 9.78 Å². The molecule has 0 amide bonds. The maximum Gasteiger partial charge on any atom is 0.267 e. The number of aromatic nitrogens is 2. The van der Waals surface area contributed by atoms with Gasteiger partial charge in [0, 0.05) is 27.2 Å². The van der Waals surface area contributed by atoms with Crippen molar-refractivity contribution < 1.29 is 4.39 Å². The lowest BCUT2D eigenvalue weighted by Crippen LogP contribution is -2.23. The van der Waals surface area contributed by atoms with E-state index in [1.165, 1.54) is 22.9 Å². The van der Waals surface area contributed by atoms with Crippen LogP contribution in [0.15, 0.2) is 59.4 Å². The molecule has 0 aliphatic heterocycles. The summed E-state index contributed by atoms with van der Waals surface area (Å²) in [6, 6.07) is 14.2. The fourth-order valence-corrected chi connectivity index (χ4v) is 2.72. The van der Waals surface area contributed by atoms with E-state index >= 15 is 0 Å². The lowest BCUT2D eigenvalue weighted by Gasteiger charge is -2.10. The topological polar surface area (TPSA) is 34.9 Å². The third-order valence-electron chi connectivity index (χ3n) is 3.39. The van der Waals surface area contributed by atoms with E-state index in [-0.39, 0.29) is 12.1 Å². The van der Waals surface area contributed by atoms with Crippen LogP contribution in [0.5, 0.6) is 0 Å². The molecule has 0 aliphatic carbocycles. The highest BCUT2D eigenvalue weighted by molar-refractivity contribution is 6.35. The molecule has 0 saturated heterocycles. The predicted octanol–water partition coefficient (Wildman–Crippen LogP) is 4.40. The van der Waals surface area contributed by atoms with Crippen LogP contribution in [0.25, 0.3) is 11.3 Å². The van der Waals surface area contributed by atoms with E-state index in [0.29, 0.717) is 26.9 Å². The van der Waals surface area contributed by atoms with Gasteiger partial charge in [0.05, 0.1) is 12.2 Å². The average molecular weight is 349 g/mol. The van der Waals surface area contributed by atoms with E-state index < -0.39 is 5.82 Å².